The van der Waals surface area contributed by atoms with Crippen molar-refractivity contribution in [2.24, 2.45) is 5.92 Å². The SMILES string of the molecule is CCCC1CCC(Nc2cccc(F)c2)CC1. The van der Waals surface area contributed by atoms with Gasteiger partial charge in [0.15, 0.2) is 0 Å². The Kier molecular flexibility index (Phi) is 4.41. The molecule has 0 saturated heterocycles. The number of hydrogen-bond donors (Lipinski definition) is 1. The fourth-order valence-electron chi connectivity index (χ4n) is 2.82. The first kappa shape index (κ1) is 12.4. The van der Waals surface area contributed by atoms with Crippen LogP contribution in [0.4, 0.5) is 10.1 Å². The summed E-state index contributed by atoms with van der Waals surface area (Å²) in [5.74, 6) is 0.764. The molecular formula is C15H22FN. The minimum Gasteiger partial charge on any atom is -0.382 e. The van der Waals surface area contributed by atoms with Crippen LogP contribution in [0, 0.1) is 11.7 Å². The highest BCUT2D eigenvalue weighted by molar-refractivity contribution is 5.44. The van der Waals surface area contributed by atoms with Gasteiger partial charge in [0.05, 0.1) is 0 Å². The Morgan fingerprint density at radius 2 is 2.00 bits per heavy atom. The molecule has 0 bridgehead atoms. The molecule has 2 rings (SSSR count). The number of nitrogens with one attached hydrogen (secondary N) is 1. The zero-order chi connectivity index (χ0) is 12.1. The van der Waals surface area contributed by atoms with E-state index in [1.165, 1.54) is 44.6 Å². The van der Waals surface area contributed by atoms with E-state index in [0.717, 1.165) is 11.6 Å². The van der Waals surface area contributed by atoms with Gasteiger partial charge in [-0.3, -0.25) is 0 Å². The minimum absolute atomic E-state index is 0.158. The molecule has 17 heavy (non-hydrogen) atoms. The number of benzene rings is 1. The summed E-state index contributed by atoms with van der Waals surface area (Å²) < 4.78 is 13.0. The summed E-state index contributed by atoms with van der Waals surface area (Å²) in [4.78, 5) is 0. The predicted molar refractivity (Wildman–Crippen MR) is 70.7 cm³/mol. The average molecular weight is 235 g/mol. The highest BCUT2D eigenvalue weighted by Gasteiger charge is 2.20. The van der Waals surface area contributed by atoms with Gasteiger partial charge in [-0.1, -0.05) is 25.8 Å². The molecule has 1 fully saturated rings. The second kappa shape index (κ2) is 6.04. The lowest BCUT2D eigenvalue weighted by Gasteiger charge is -2.29. The van der Waals surface area contributed by atoms with Crippen molar-refractivity contribution in [2.45, 2.75) is 51.5 Å². The Hall–Kier alpha value is -1.05. The monoisotopic (exact) mass is 235 g/mol. The van der Waals surface area contributed by atoms with E-state index >= 15 is 0 Å². The van der Waals surface area contributed by atoms with Crippen molar-refractivity contribution in [3.05, 3.63) is 30.1 Å². The van der Waals surface area contributed by atoms with Gasteiger partial charge in [-0.15, -0.1) is 0 Å². The topological polar surface area (TPSA) is 12.0 Å². The van der Waals surface area contributed by atoms with Gasteiger partial charge in [-0.05, 0) is 49.8 Å². The zero-order valence-electron chi connectivity index (χ0n) is 10.6. The number of halogens is 1. The maximum atomic E-state index is 13.0. The fourth-order valence-corrected chi connectivity index (χ4v) is 2.82. The van der Waals surface area contributed by atoms with Crippen LogP contribution in [0.5, 0.6) is 0 Å². The van der Waals surface area contributed by atoms with E-state index in [9.17, 15) is 4.39 Å². The number of rotatable bonds is 4. The average Bonchev–Trinajstić information content (AvgIpc) is 2.32. The lowest BCUT2D eigenvalue weighted by molar-refractivity contribution is 0.319. The van der Waals surface area contributed by atoms with E-state index in [1.54, 1.807) is 12.1 Å². The van der Waals surface area contributed by atoms with Crippen molar-refractivity contribution in [3.8, 4) is 0 Å². The lowest BCUT2D eigenvalue weighted by atomic mass is 9.83. The quantitative estimate of drug-likeness (QED) is 0.804. The first-order chi connectivity index (χ1) is 8.28. The molecule has 0 aliphatic heterocycles. The van der Waals surface area contributed by atoms with Crippen LogP contribution in [0.25, 0.3) is 0 Å². The van der Waals surface area contributed by atoms with E-state index in [-0.39, 0.29) is 5.82 Å². The lowest BCUT2D eigenvalue weighted by Crippen LogP contribution is -2.26. The molecular weight excluding hydrogens is 213 g/mol. The molecule has 0 spiro atoms. The van der Waals surface area contributed by atoms with E-state index in [4.69, 9.17) is 0 Å². The van der Waals surface area contributed by atoms with E-state index in [2.05, 4.69) is 12.2 Å². The van der Waals surface area contributed by atoms with E-state index in [1.807, 2.05) is 6.07 Å². The third-order valence-corrected chi connectivity index (χ3v) is 3.74. The molecule has 0 amide bonds. The van der Waals surface area contributed by atoms with Crippen molar-refractivity contribution in [1.82, 2.24) is 0 Å². The second-order valence-electron chi connectivity index (χ2n) is 5.16. The third-order valence-electron chi connectivity index (χ3n) is 3.74. The molecule has 1 saturated carbocycles. The molecule has 0 unspecified atom stereocenters. The summed E-state index contributed by atoms with van der Waals surface area (Å²) in [5, 5.41) is 3.44. The van der Waals surface area contributed by atoms with Gasteiger partial charge in [0.25, 0.3) is 0 Å². The molecule has 94 valence electrons. The van der Waals surface area contributed by atoms with Crippen LogP contribution >= 0.6 is 0 Å². The Morgan fingerprint density at radius 1 is 1.24 bits per heavy atom. The molecule has 1 aliphatic carbocycles. The summed E-state index contributed by atoms with van der Waals surface area (Å²) in [6, 6.07) is 7.31. The van der Waals surface area contributed by atoms with Crippen LogP contribution in [0.1, 0.15) is 45.4 Å². The van der Waals surface area contributed by atoms with Gasteiger partial charge < -0.3 is 5.32 Å². The van der Waals surface area contributed by atoms with Crippen LogP contribution in [0.15, 0.2) is 24.3 Å². The summed E-state index contributed by atoms with van der Waals surface area (Å²) in [6.07, 6.45) is 7.75. The highest BCUT2D eigenvalue weighted by atomic mass is 19.1. The van der Waals surface area contributed by atoms with Crippen LogP contribution in [-0.2, 0) is 0 Å². The first-order valence-electron chi connectivity index (χ1n) is 6.80. The Balaban J connectivity index is 1.82. The third kappa shape index (κ3) is 3.72. The highest BCUT2D eigenvalue weighted by Crippen LogP contribution is 2.29. The summed E-state index contributed by atoms with van der Waals surface area (Å²) in [7, 11) is 0. The molecule has 0 radical (unpaired) electrons. The summed E-state index contributed by atoms with van der Waals surface area (Å²) >= 11 is 0. The van der Waals surface area contributed by atoms with E-state index in [0.29, 0.717) is 6.04 Å². The summed E-state index contributed by atoms with van der Waals surface area (Å²) in [5.41, 5.74) is 0.920. The first-order valence-corrected chi connectivity index (χ1v) is 6.80. The molecule has 1 nitrogen and oxygen atoms in total. The number of hydrogen-bond acceptors (Lipinski definition) is 1. The maximum Gasteiger partial charge on any atom is 0.125 e. The van der Waals surface area contributed by atoms with E-state index < -0.39 is 0 Å². The van der Waals surface area contributed by atoms with Gasteiger partial charge in [0.1, 0.15) is 5.82 Å². The van der Waals surface area contributed by atoms with Crippen LogP contribution < -0.4 is 5.32 Å². The largest absolute Gasteiger partial charge is 0.382 e. The Labute approximate surface area is 103 Å². The minimum atomic E-state index is -0.158. The molecule has 0 heterocycles. The Bertz CT molecular complexity index is 343. The van der Waals surface area contributed by atoms with Gasteiger partial charge in [-0.25, -0.2) is 4.39 Å². The maximum absolute atomic E-state index is 13.0. The van der Waals surface area contributed by atoms with Crippen molar-refractivity contribution >= 4 is 5.69 Å². The number of anilines is 1. The molecule has 0 aromatic heterocycles. The zero-order valence-corrected chi connectivity index (χ0v) is 10.6. The molecule has 1 aliphatic rings. The molecule has 1 N–H and O–H groups in total. The van der Waals surface area contributed by atoms with Gasteiger partial charge in [0, 0.05) is 11.7 Å². The predicted octanol–water partition coefficient (Wildman–Crippen LogP) is 4.60. The normalized spacial score (nSPS) is 24.6. The van der Waals surface area contributed by atoms with Crippen LogP contribution in [0.3, 0.4) is 0 Å². The molecule has 1 aromatic carbocycles. The van der Waals surface area contributed by atoms with Crippen LogP contribution in [-0.4, -0.2) is 6.04 Å². The fraction of sp³-hybridized carbons (Fsp3) is 0.600. The molecule has 0 atom stereocenters. The van der Waals surface area contributed by atoms with Crippen LogP contribution in [0.2, 0.25) is 0 Å². The van der Waals surface area contributed by atoms with Crippen molar-refractivity contribution < 1.29 is 4.39 Å². The van der Waals surface area contributed by atoms with Crippen molar-refractivity contribution in [3.63, 3.8) is 0 Å². The van der Waals surface area contributed by atoms with Crippen molar-refractivity contribution in [1.29, 1.82) is 0 Å². The molecule has 2 heteroatoms. The standard InChI is InChI=1S/C15H22FN/c1-2-4-12-7-9-14(10-8-12)17-15-6-3-5-13(16)11-15/h3,5-6,11-12,14,17H,2,4,7-10H2,1H3. The van der Waals surface area contributed by atoms with Gasteiger partial charge in [0.2, 0.25) is 0 Å². The smallest absolute Gasteiger partial charge is 0.125 e. The van der Waals surface area contributed by atoms with Gasteiger partial charge >= 0.3 is 0 Å². The molecule has 1 aromatic rings. The summed E-state index contributed by atoms with van der Waals surface area (Å²) in [6.45, 7) is 2.26. The second-order valence-corrected chi connectivity index (χ2v) is 5.16. The Morgan fingerprint density at radius 3 is 2.65 bits per heavy atom. The van der Waals surface area contributed by atoms with Gasteiger partial charge in [-0.2, -0.15) is 0 Å². The van der Waals surface area contributed by atoms with Crippen molar-refractivity contribution in [2.75, 3.05) is 5.32 Å².